The predicted octanol–water partition coefficient (Wildman–Crippen LogP) is 3.37. The molecule has 0 radical (unpaired) electrons. The van der Waals surface area contributed by atoms with Gasteiger partial charge in [0.25, 0.3) is 5.56 Å². The van der Waals surface area contributed by atoms with Gasteiger partial charge in [-0.05, 0) is 30.5 Å². The van der Waals surface area contributed by atoms with Crippen LogP contribution in [0.4, 0.5) is 8.78 Å². The number of halogens is 2. The molecule has 1 saturated heterocycles. The summed E-state index contributed by atoms with van der Waals surface area (Å²) in [7, 11) is 0. The van der Waals surface area contributed by atoms with Crippen molar-refractivity contribution in [3.05, 3.63) is 89.2 Å². The van der Waals surface area contributed by atoms with Crippen LogP contribution >= 0.6 is 0 Å². The molecule has 1 fully saturated rings. The van der Waals surface area contributed by atoms with Gasteiger partial charge in [-0.3, -0.25) is 18.7 Å². The van der Waals surface area contributed by atoms with Crippen molar-refractivity contribution < 1.29 is 18.7 Å². The largest absolute Gasteiger partial charge is 0.388 e. The molecule has 0 bridgehead atoms. The molecule has 4 aromatic rings. The van der Waals surface area contributed by atoms with E-state index in [1.165, 1.54) is 15.8 Å². The fourth-order valence-corrected chi connectivity index (χ4v) is 4.84. The van der Waals surface area contributed by atoms with E-state index in [9.17, 15) is 23.5 Å². The smallest absolute Gasteiger partial charge is 0.281 e. The van der Waals surface area contributed by atoms with Crippen molar-refractivity contribution in [2.75, 3.05) is 13.1 Å². The first-order valence-electron chi connectivity index (χ1n) is 12.2. The van der Waals surface area contributed by atoms with Crippen LogP contribution in [-0.2, 0) is 11.3 Å². The quantitative estimate of drug-likeness (QED) is 0.414. The zero-order chi connectivity index (χ0) is 26.0. The Kier molecular flexibility index (Phi) is 6.84. The van der Waals surface area contributed by atoms with Crippen molar-refractivity contribution in [1.29, 1.82) is 0 Å². The Morgan fingerprint density at radius 2 is 1.62 bits per heavy atom. The lowest BCUT2D eigenvalue weighted by Gasteiger charge is -2.38. The summed E-state index contributed by atoms with van der Waals surface area (Å²) >= 11 is 0. The van der Waals surface area contributed by atoms with E-state index in [0.717, 1.165) is 5.69 Å². The minimum atomic E-state index is -2.66. The fraction of sp³-hybridized carbons (Fsp3) is 0.333. The van der Waals surface area contributed by atoms with Crippen LogP contribution in [0, 0.1) is 0 Å². The molecule has 1 amide bonds. The number of aliphatic hydroxyl groups is 1. The first-order chi connectivity index (χ1) is 17.8. The van der Waals surface area contributed by atoms with E-state index < -0.39 is 17.9 Å². The number of carbonyl (C=O) groups is 1. The van der Waals surface area contributed by atoms with Crippen molar-refractivity contribution in [1.82, 2.24) is 24.0 Å². The third-order valence-corrected chi connectivity index (χ3v) is 7.00. The van der Waals surface area contributed by atoms with E-state index >= 15 is 0 Å². The van der Waals surface area contributed by atoms with Crippen molar-refractivity contribution >= 4 is 17.1 Å². The molecule has 0 unspecified atom stereocenters. The number of benzene rings is 2. The highest BCUT2D eigenvalue weighted by atomic mass is 19.3. The second-order valence-corrected chi connectivity index (χ2v) is 9.46. The third-order valence-electron chi connectivity index (χ3n) is 7.00. The summed E-state index contributed by atoms with van der Waals surface area (Å²) in [4.78, 5) is 36.1. The van der Waals surface area contributed by atoms with E-state index in [1.807, 2.05) is 30.3 Å². The highest BCUT2D eigenvalue weighted by molar-refractivity contribution is 5.77. The summed E-state index contributed by atoms with van der Waals surface area (Å²) in [6.45, 7) is 0.430. The number of likely N-dealkylation sites (tertiary alicyclic amines) is 1. The number of fused-ring (bicyclic) bond motifs is 1. The number of aromatic nitrogens is 4. The van der Waals surface area contributed by atoms with Gasteiger partial charge < -0.3 is 10.0 Å². The molecule has 0 saturated carbocycles. The molecule has 1 aliphatic heterocycles. The van der Waals surface area contributed by atoms with Gasteiger partial charge in [0.05, 0.1) is 18.1 Å². The summed E-state index contributed by atoms with van der Waals surface area (Å²) in [5.74, 6) is -1.55. The topological polar surface area (TPSA) is 93.2 Å². The van der Waals surface area contributed by atoms with Crippen molar-refractivity contribution in [3.63, 3.8) is 0 Å². The van der Waals surface area contributed by atoms with Crippen LogP contribution in [0.1, 0.15) is 30.7 Å². The van der Waals surface area contributed by atoms with Crippen LogP contribution in [0.2, 0.25) is 0 Å². The molecule has 1 aliphatic rings. The molecule has 0 spiro atoms. The Morgan fingerprint density at radius 3 is 2.27 bits per heavy atom. The number of piperidine rings is 1. The molecule has 1 N–H and O–H groups in total. The Hall–Kier alpha value is -3.92. The first kappa shape index (κ1) is 24.8. The Balaban J connectivity index is 1.25. The summed E-state index contributed by atoms with van der Waals surface area (Å²) < 4.78 is 30.4. The van der Waals surface area contributed by atoms with Gasteiger partial charge in [-0.15, -0.1) is 0 Å². The normalized spacial score (nSPS) is 16.3. The van der Waals surface area contributed by atoms with Gasteiger partial charge in [-0.1, -0.05) is 48.5 Å². The summed E-state index contributed by atoms with van der Waals surface area (Å²) in [5, 5.41) is 11.2. The maximum Gasteiger partial charge on any atom is 0.281 e. The second kappa shape index (κ2) is 10.2. The Morgan fingerprint density at radius 1 is 0.973 bits per heavy atom. The highest BCUT2D eigenvalue weighted by Gasteiger charge is 2.36. The highest BCUT2D eigenvalue weighted by Crippen LogP contribution is 2.30. The van der Waals surface area contributed by atoms with Crippen molar-refractivity contribution in [2.45, 2.75) is 43.8 Å². The standard InChI is InChI=1S/C27H27F2N5O3/c28-24(29)21(19-7-3-1-4-8-19)15-22(35)32-13-11-27(37,12-14-32)16-33-17-31-25-23(26(33)36)30-18-34(25)20-9-5-2-6-10-20/h1-10,17-18,21,24,37H,11-16H2/t21-/m1/s1. The fourth-order valence-electron chi connectivity index (χ4n) is 4.84. The van der Waals surface area contributed by atoms with Crippen LogP contribution in [0.3, 0.4) is 0 Å². The minimum absolute atomic E-state index is 0.00131. The van der Waals surface area contributed by atoms with Crippen LogP contribution in [-0.4, -0.2) is 60.1 Å². The molecule has 192 valence electrons. The molecular weight excluding hydrogens is 480 g/mol. The summed E-state index contributed by atoms with van der Waals surface area (Å²) in [6.07, 6.45) is 0.407. The van der Waals surface area contributed by atoms with Gasteiger partial charge in [0.2, 0.25) is 12.3 Å². The molecule has 5 rings (SSSR count). The first-order valence-corrected chi connectivity index (χ1v) is 12.2. The SMILES string of the molecule is O=C(C[C@H](c1ccccc1)C(F)F)N1CCC(O)(Cn2cnc3c(ncn3-c3ccccc3)c2=O)CC1. The van der Waals surface area contributed by atoms with E-state index in [2.05, 4.69) is 9.97 Å². The molecule has 2 aromatic carbocycles. The number of imidazole rings is 1. The third kappa shape index (κ3) is 5.15. The molecule has 3 heterocycles. The van der Waals surface area contributed by atoms with Crippen molar-refractivity contribution in [2.24, 2.45) is 0 Å². The van der Waals surface area contributed by atoms with Crippen LogP contribution in [0.15, 0.2) is 78.1 Å². The maximum absolute atomic E-state index is 13.7. The van der Waals surface area contributed by atoms with Gasteiger partial charge >= 0.3 is 0 Å². The average molecular weight is 508 g/mol. The second-order valence-electron chi connectivity index (χ2n) is 9.46. The number of carbonyl (C=O) groups excluding carboxylic acids is 1. The molecule has 37 heavy (non-hydrogen) atoms. The Labute approximate surface area is 211 Å². The lowest BCUT2D eigenvalue weighted by atomic mass is 9.90. The molecule has 2 aromatic heterocycles. The van der Waals surface area contributed by atoms with Crippen LogP contribution < -0.4 is 5.56 Å². The molecule has 10 heteroatoms. The van der Waals surface area contributed by atoms with E-state index in [-0.39, 0.29) is 55.9 Å². The maximum atomic E-state index is 13.7. The van der Waals surface area contributed by atoms with E-state index in [1.54, 1.807) is 41.2 Å². The zero-order valence-electron chi connectivity index (χ0n) is 20.1. The van der Waals surface area contributed by atoms with Gasteiger partial charge in [-0.2, -0.15) is 0 Å². The van der Waals surface area contributed by atoms with Gasteiger partial charge in [0, 0.05) is 25.2 Å². The molecular formula is C27H27F2N5O3. The number of rotatable bonds is 7. The summed E-state index contributed by atoms with van der Waals surface area (Å²) in [6, 6.07) is 17.7. The molecule has 8 nitrogen and oxygen atoms in total. The van der Waals surface area contributed by atoms with Gasteiger partial charge in [0.1, 0.15) is 12.7 Å². The predicted molar refractivity (Wildman–Crippen MR) is 134 cm³/mol. The van der Waals surface area contributed by atoms with Crippen molar-refractivity contribution in [3.8, 4) is 5.69 Å². The number of para-hydroxylation sites is 1. The van der Waals surface area contributed by atoms with Gasteiger partial charge in [0.15, 0.2) is 11.2 Å². The average Bonchev–Trinajstić information content (AvgIpc) is 3.35. The van der Waals surface area contributed by atoms with Gasteiger partial charge in [-0.25, -0.2) is 18.7 Å². The number of hydrogen-bond donors (Lipinski definition) is 1. The number of hydrogen-bond acceptors (Lipinski definition) is 5. The van der Waals surface area contributed by atoms with E-state index in [0.29, 0.717) is 11.2 Å². The Bertz CT molecular complexity index is 1430. The number of nitrogens with zero attached hydrogens (tertiary/aromatic N) is 5. The lowest BCUT2D eigenvalue weighted by molar-refractivity contribution is -0.137. The summed E-state index contributed by atoms with van der Waals surface area (Å²) in [5.41, 5.74) is 0.269. The molecule has 1 atom stereocenters. The van der Waals surface area contributed by atoms with E-state index in [4.69, 9.17) is 0 Å². The monoisotopic (exact) mass is 507 g/mol. The van der Waals surface area contributed by atoms with Crippen LogP contribution in [0.25, 0.3) is 16.9 Å². The minimum Gasteiger partial charge on any atom is -0.388 e. The number of alkyl halides is 2. The van der Waals surface area contributed by atoms with Crippen LogP contribution in [0.5, 0.6) is 0 Å². The zero-order valence-corrected chi connectivity index (χ0v) is 20.1. The lowest BCUT2D eigenvalue weighted by Crippen LogP contribution is -2.50. The number of amides is 1. The molecule has 0 aliphatic carbocycles.